The van der Waals surface area contributed by atoms with Gasteiger partial charge in [-0.25, -0.2) is 13.0 Å². The second-order valence-corrected chi connectivity index (χ2v) is 12.1. The summed E-state index contributed by atoms with van der Waals surface area (Å²) in [6, 6.07) is 26.1. The van der Waals surface area contributed by atoms with E-state index in [-0.39, 0.29) is 12.3 Å². The molecule has 40 heavy (non-hydrogen) atoms. The molecular weight excluding hydrogens is 587 g/mol. The van der Waals surface area contributed by atoms with Crippen molar-refractivity contribution in [3.63, 3.8) is 0 Å². The molecule has 1 unspecified atom stereocenters. The van der Waals surface area contributed by atoms with Gasteiger partial charge in [0.1, 0.15) is 9.73 Å². The molecular formula is C29H20Cl2F4N2O2S. The van der Waals surface area contributed by atoms with Gasteiger partial charge in [-0.3, -0.25) is 0 Å². The number of benzene rings is 4. The van der Waals surface area contributed by atoms with Crippen molar-refractivity contribution < 1.29 is 26.6 Å². The van der Waals surface area contributed by atoms with E-state index in [1.54, 1.807) is 72.8 Å². The predicted octanol–water partition coefficient (Wildman–Crippen LogP) is 8.80. The van der Waals surface area contributed by atoms with Crippen molar-refractivity contribution in [1.82, 2.24) is 0 Å². The van der Waals surface area contributed by atoms with Gasteiger partial charge in [-0.1, -0.05) is 89.0 Å². The van der Waals surface area contributed by atoms with Crippen LogP contribution in [0.2, 0.25) is 10.0 Å². The molecule has 1 atom stereocenters. The largest absolute Gasteiger partial charge is 0.435 e. The van der Waals surface area contributed by atoms with Crippen LogP contribution in [-0.2, 0) is 26.7 Å². The molecule has 0 fully saturated rings. The monoisotopic (exact) mass is 606 g/mol. The SMILES string of the molecule is O=S(=NCc1ccc(C2=NOC(c3cc(Cl)c(F)c(Cl)c3)(C(F)(F)F)C2)cc1)(c1ccccc1)c1ccccc1. The standard InChI is InChI=1S/C29H20Cl2F4N2O2S/c30-24-15-21(16-25(31)27(24)32)28(29(33,34)35)17-26(37-39-28)20-13-11-19(12-14-20)18-36-40(38,22-7-3-1-4-8-22)23-9-5-2-6-10-23/h1-16H,17-18H2. The first-order valence-electron chi connectivity index (χ1n) is 11.9. The normalized spacial score (nSPS) is 17.3. The van der Waals surface area contributed by atoms with E-state index in [0.29, 0.717) is 20.9 Å². The summed E-state index contributed by atoms with van der Waals surface area (Å²) in [5.41, 5.74) is -2.21. The highest BCUT2D eigenvalue weighted by Crippen LogP contribution is 2.50. The van der Waals surface area contributed by atoms with Crippen LogP contribution in [0.4, 0.5) is 17.6 Å². The summed E-state index contributed by atoms with van der Waals surface area (Å²) in [6.07, 6.45) is -5.58. The van der Waals surface area contributed by atoms with E-state index >= 15 is 0 Å². The van der Waals surface area contributed by atoms with E-state index in [1.165, 1.54) is 0 Å². The molecule has 1 heterocycles. The maximum absolute atomic E-state index is 14.3. The molecule has 1 aliphatic heterocycles. The summed E-state index contributed by atoms with van der Waals surface area (Å²) in [7, 11) is -2.93. The zero-order valence-electron chi connectivity index (χ0n) is 20.5. The Morgan fingerprint density at radius 1 is 0.875 bits per heavy atom. The third-order valence-electron chi connectivity index (χ3n) is 6.48. The van der Waals surface area contributed by atoms with E-state index in [9.17, 15) is 21.8 Å². The molecule has 0 N–H and O–H groups in total. The molecule has 0 saturated heterocycles. The minimum atomic E-state index is -4.91. The number of nitrogens with zero attached hydrogens (tertiary/aromatic N) is 2. The first-order chi connectivity index (χ1) is 19.0. The third-order valence-corrected chi connectivity index (χ3v) is 9.34. The van der Waals surface area contributed by atoms with Crippen LogP contribution in [0.1, 0.15) is 23.1 Å². The second kappa shape index (κ2) is 10.9. The molecule has 0 bridgehead atoms. The molecule has 0 spiro atoms. The van der Waals surface area contributed by atoms with Crippen molar-refractivity contribution >= 4 is 38.6 Å². The van der Waals surface area contributed by atoms with Crippen LogP contribution in [0.3, 0.4) is 0 Å². The first-order valence-corrected chi connectivity index (χ1v) is 14.2. The highest BCUT2D eigenvalue weighted by Gasteiger charge is 2.62. The van der Waals surface area contributed by atoms with Gasteiger partial charge in [0.2, 0.25) is 0 Å². The predicted molar refractivity (Wildman–Crippen MR) is 147 cm³/mol. The zero-order valence-corrected chi connectivity index (χ0v) is 22.9. The highest BCUT2D eigenvalue weighted by molar-refractivity contribution is 7.93. The van der Waals surface area contributed by atoms with Gasteiger partial charge < -0.3 is 4.84 Å². The highest BCUT2D eigenvalue weighted by atomic mass is 35.5. The summed E-state index contributed by atoms with van der Waals surface area (Å²) < 4.78 is 75.4. The molecule has 11 heteroatoms. The Morgan fingerprint density at radius 2 is 1.40 bits per heavy atom. The fraction of sp³-hybridized carbons (Fsp3) is 0.138. The van der Waals surface area contributed by atoms with Gasteiger partial charge in [0, 0.05) is 12.0 Å². The minimum absolute atomic E-state index is 0.0368. The Balaban J connectivity index is 1.42. The summed E-state index contributed by atoms with van der Waals surface area (Å²) in [5.74, 6) is -1.02. The van der Waals surface area contributed by atoms with Crippen molar-refractivity contribution in [3.8, 4) is 0 Å². The van der Waals surface area contributed by atoms with E-state index in [1.807, 2.05) is 12.1 Å². The number of oxime groups is 1. The van der Waals surface area contributed by atoms with Crippen LogP contribution in [0.5, 0.6) is 0 Å². The van der Waals surface area contributed by atoms with Crippen molar-refractivity contribution in [2.75, 3.05) is 0 Å². The van der Waals surface area contributed by atoms with Crippen LogP contribution >= 0.6 is 23.2 Å². The fourth-order valence-electron chi connectivity index (χ4n) is 4.31. The smallest absolute Gasteiger partial charge is 0.374 e. The van der Waals surface area contributed by atoms with Crippen LogP contribution < -0.4 is 0 Å². The Morgan fingerprint density at radius 3 is 1.90 bits per heavy atom. The lowest BCUT2D eigenvalue weighted by Crippen LogP contribution is -2.42. The van der Waals surface area contributed by atoms with Gasteiger partial charge in [0.25, 0.3) is 5.60 Å². The molecule has 5 rings (SSSR count). The van der Waals surface area contributed by atoms with E-state index in [4.69, 9.17) is 28.0 Å². The van der Waals surface area contributed by atoms with Crippen LogP contribution in [0.25, 0.3) is 0 Å². The lowest BCUT2D eigenvalue weighted by Gasteiger charge is -2.29. The molecule has 1 aliphatic rings. The second-order valence-electron chi connectivity index (χ2n) is 9.02. The summed E-state index contributed by atoms with van der Waals surface area (Å²) >= 11 is 11.5. The molecule has 4 aromatic carbocycles. The third kappa shape index (κ3) is 5.21. The van der Waals surface area contributed by atoms with E-state index in [2.05, 4.69) is 9.52 Å². The van der Waals surface area contributed by atoms with E-state index in [0.717, 1.165) is 12.1 Å². The van der Waals surface area contributed by atoms with E-state index < -0.39 is 49.4 Å². The van der Waals surface area contributed by atoms with Gasteiger partial charge in [-0.15, -0.1) is 0 Å². The number of hydrogen-bond acceptors (Lipinski definition) is 4. The number of alkyl halides is 3. The number of hydrogen-bond donors (Lipinski definition) is 0. The zero-order chi connectivity index (χ0) is 28.5. The molecule has 0 aromatic heterocycles. The Hall–Kier alpha value is -3.40. The average molecular weight is 607 g/mol. The lowest BCUT2D eigenvalue weighted by atomic mass is 9.86. The van der Waals surface area contributed by atoms with Gasteiger partial charge in [0.05, 0.1) is 32.1 Å². The molecule has 4 aromatic rings. The van der Waals surface area contributed by atoms with Gasteiger partial charge >= 0.3 is 6.18 Å². The molecule has 0 aliphatic carbocycles. The maximum Gasteiger partial charge on any atom is 0.435 e. The summed E-state index contributed by atoms with van der Waals surface area (Å²) in [4.78, 5) is 6.13. The first kappa shape index (κ1) is 28.1. The molecule has 0 saturated carbocycles. The fourth-order valence-corrected chi connectivity index (χ4v) is 6.75. The lowest BCUT2D eigenvalue weighted by molar-refractivity contribution is -0.275. The molecule has 4 nitrogen and oxygen atoms in total. The van der Waals surface area contributed by atoms with Gasteiger partial charge in [-0.05, 0) is 47.5 Å². The van der Waals surface area contributed by atoms with Crippen molar-refractivity contribution in [2.24, 2.45) is 9.52 Å². The molecule has 0 radical (unpaired) electrons. The van der Waals surface area contributed by atoms with Crippen molar-refractivity contribution in [1.29, 1.82) is 0 Å². The van der Waals surface area contributed by atoms with Gasteiger partial charge in [0.15, 0.2) is 5.82 Å². The molecule has 206 valence electrons. The van der Waals surface area contributed by atoms with Gasteiger partial charge in [-0.2, -0.15) is 13.2 Å². The topological polar surface area (TPSA) is 51.0 Å². The van der Waals surface area contributed by atoms with Crippen LogP contribution in [-0.4, -0.2) is 16.1 Å². The number of rotatable bonds is 6. The maximum atomic E-state index is 14.3. The average Bonchev–Trinajstić information content (AvgIpc) is 3.43. The summed E-state index contributed by atoms with van der Waals surface area (Å²) in [6.45, 7) is 0.102. The quantitative estimate of drug-likeness (QED) is 0.163. The summed E-state index contributed by atoms with van der Waals surface area (Å²) in [5, 5.41) is 2.61. The van der Waals surface area contributed by atoms with Crippen LogP contribution in [0, 0.1) is 5.82 Å². The Kier molecular flexibility index (Phi) is 7.65. The van der Waals surface area contributed by atoms with Crippen molar-refractivity contribution in [3.05, 3.63) is 130 Å². The van der Waals surface area contributed by atoms with Crippen molar-refractivity contribution in [2.45, 2.75) is 34.5 Å². The Bertz CT molecular complexity index is 1620. The minimum Gasteiger partial charge on any atom is -0.374 e. The molecule has 0 amide bonds. The number of halogens is 6. The Labute approximate surface area is 238 Å². The van der Waals surface area contributed by atoms with Crippen LogP contribution in [0.15, 0.2) is 116 Å².